The monoisotopic (exact) mass is 748 g/mol. The van der Waals surface area contributed by atoms with E-state index in [4.69, 9.17) is 5.14 Å². The van der Waals surface area contributed by atoms with Crippen LogP contribution in [0.5, 0.6) is 0 Å². The number of amides is 1. The Hall–Kier alpha value is -4.82. The molecule has 7 rings (SSSR count). The van der Waals surface area contributed by atoms with Gasteiger partial charge in [-0.15, -0.1) is 11.3 Å². The third-order valence-electron chi connectivity index (χ3n) is 9.87. The molecule has 2 atom stereocenters. The minimum absolute atomic E-state index is 0.0534. The minimum atomic E-state index is -4.29. The maximum atomic E-state index is 13.0. The minimum Gasteiger partial charge on any atom is -0.367 e. The zero-order valence-corrected chi connectivity index (χ0v) is 29.7. The van der Waals surface area contributed by atoms with Gasteiger partial charge in [0.1, 0.15) is 33.6 Å². The van der Waals surface area contributed by atoms with Gasteiger partial charge in [0.05, 0.1) is 17.5 Å². The summed E-state index contributed by atoms with van der Waals surface area (Å²) in [6, 6.07) is 14.8. The predicted molar refractivity (Wildman–Crippen MR) is 194 cm³/mol. The van der Waals surface area contributed by atoms with Crippen molar-refractivity contribution in [3.63, 3.8) is 0 Å². The van der Waals surface area contributed by atoms with Crippen LogP contribution >= 0.6 is 11.3 Å². The molecule has 2 unspecified atom stereocenters. The van der Waals surface area contributed by atoms with Gasteiger partial charge in [0.15, 0.2) is 0 Å². The van der Waals surface area contributed by atoms with Crippen LogP contribution in [0, 0.1) is 18.3 Å². The first kappa shape index (κ1) is 35.6. The molecule has 1 amide bonds. The highest BCUT2D eigenvalue weighted by molar-refractivity contribution is 7.89. The number of alkyl halides is 3. The van der Waals surface area contributed by atoms with E-state index < -0.39 is 28.5 Å². The van der Waals surface area contributed by atoms with Crippen LogP contribution in [0.25, 0.3) is 21.1 Å². The van der Waals surface area contributed by atoms with E-state index in [1.807, 2.05) is 16.7 Å². The number of anilines is 2. The second-order valence-electron chi connectivity index (χ2n) is 13.3. The van der Waals surface area contributed by atoms with E-state index in [1.54, 1.807) is 6.07 Å². The molecule has 16 heteroatoms. The summed E-state index contributed by atoms with van der Waals surface area (Å²) in [5, 5.41) is 23.2. The van der Waals surface area contributed by atoms with E-state index in [0.29, 0.717) is 28.1 Å². The molecule has 4 N–H and O–H groups in total. The van der Waals surface area contributed by atoms with Crippen molar-refractivity contribution in [3.05, 3.63) is 88.7 Å². The smallest absolute Gasteiger partial charge is 0.367 e. The molecule has 0 bridgehead atoms. The number of nitrogens with two attached hydrogens (primary N) is 1. The largest absolute Gasteiger partial charge is 0.393 e. The lowest BCUT2D eigenvalue weighted by molar-refractivity contribution is -0.126. The van der Waals surface area contributed by atoms with Gasteiger partial charge in [0.25, 0.3) is 0 Å². The molecule has 4 heterocycles. The number of sulfonamides is 1. The van der Waals surface area contributed by atoms with Gasteiger partial charge in [-0.3, -0.25) is 9.69 Å². The number of hydrogen-bond donors (Lipinski definition) is 3. The molecule has 1 saturated carbocycles. The number of nitriles is 1. The number of primary sulfonamides is 1. The molecule has 270 valence electrons. The lowest BCUT2D eigenvalue weighted by Gasteiger charge is -2.33. The van der Waals surface area contributed by atoms with Gasteiger partial charge in [-0.1, -0.05) is 18.7 Å². The van der Waals surface area contributed by atoms with E-state index in [2.05, 4.69) is 51.1 Å². The van der Waals surface area contributed by atoms with Crippen molar-refractivity contribution >= 4 is 59.9 Å². The zero-order valence-electron chi connectivity index (χ0n) is 28.1. The number of aryl methyl sites for hydroxylation is 1. The second kappa shape index (κ2) is 13.6. The summed E-state index contributed by atoms with van der Waals surface area (Å²) in [5.41, 5.74) is 4.50. The fourth-order valence-corrected chi connectivity index (χ4v) is 8.95. The number of rotatable bonds is 10. The number of thiophene rings is 1. The van der Waals surface area contributed by atoms with E-state index >= 15 is 0 Å². The third kappa shape index (κ3) is 7.26. The van der Waals surface area contributed by atoms with Crippen molar-refractivity contribution < 1.29 is 26.4 Å². The zero-order chi connectivity index (χ0) is 36.9. The number of hydrogen-bond acceptors (Lipinski definition) is 9. The van der Waals surface area contributed by atoms with Crippen LogP contribution in [-0.4, -0.2) is 59.1 Å². The highest BCUT2D eigenvalue weighted by Crippen LogP contribution is 2.54. The van der Waals surface area contributed by atoms with Crippen LogP contribution in [0.4, 0.5) is 24.7 Å². The standard InChI is InChI=1S/C36H35F3N8O3S2/c1-3-33(48)45-29-6-4-21(12-32(29)52(41,49)50)27-15-31(27)47-24(17-40)13-26-20(2)22(5-7-30(26)47)18-46-10-8-23(9-11-46)44-34-28-14-25(16-36(37,38)39)51-35(28)43-19-42-34/h3-7,12-14,19,23,27,31H,1,8-11,15-16,18H2,2H3,(H,45,48)(H2,41,49,50)(H,42,43,44). The van der Waals surface area contributed by atoms with Gasteiger partial charge in [0.2, 0.25) is 15.9 Å². The summed E-state index contributed by atoms with van der Waals surface area (Å²) in [6.45, 7) is 7.82. The van der Waals surface area contributed by atoms with Gasteiger partial charge in [-0.25, -0.2) is 23.5 Å². The third-order valence-corrected chi connectivity index (χ3v) is 11.9. The van der Waals surface area contributed by atoms with Crippen LogP contribution in [0.15, 0.2) is 66.3 Å². The highest BCUT2D eigenvalue weighted by atomic mass is 32.2. The molecule has 1 aliphatic heterocycles. The summed E-state index contributed by atoms with van der Waals surface area (Å²) >= 11 is 1.04. The number of likely N-dealkylation sites (tertiary alicyclic amines) is 1. The molecule has 0 radical (unpaired) electrons. The van der Waals surface area contributed by atoms with E-state index in [0.717, 1.165) is 77.5 Å². The number of piperidine rings is 1. The van der Waals surface area contributed by atoms with E-state index in [1.165, 1.54) is 24.5 Å². The van der Waals surface area contributed by atoms with Crippen LogP contribution in [-0.2, 0) is 27.8 Å². The lowest BCUT2D eigenvalue weighted by Crippen LogP contribution is -2.39. The number of fused-ring (bicyclic) bond motifs is 2. The van der Waals surface area contributed by atoms with Gasteiger partial charge in [0, 0.05) is 53.4 Å². The molecule has 2 aromatic carbocycles. The Morgan fingerprint density at radius 1 is 1.15 bits per heavy atom. The normalized spacial score (nSPS) is 18.4. The summed E-state index contributed by atoms with van der Waals surface area (Å²) < 4.78 is 65.7. The fraction of sp³-hybridized carbons (Fsp3) is 0.333. The Balaban J connectivity index is 1.04. The number of nitrogens with zero attached hydrogens (tertiary/aromatic N) is 5. The first-order valence-corrected chi connectivity index (χ1v) is 19.0. The summed E-state index contributed by atoms with van der Waals surface area (Å²) in [5.74, 6) is -0.0493. The highest BCUT2D eigenvalue weighted by Gasteiger charge is 2.42. The van der Waals surface area contributed by atoms with Gasteiger partial charge >= 0.3 is 6.18 Å². The predicted octanol–water partition coefficient (Wildman–Crippen LogP) is 6.51. The second-order valence-corrected chi connectivity index (χ2v) is 16.0. The SMILES string of the molecule is C=CC(=O)Nc1ccc(C2CC2n2c(C#N)cc3c(C)c(CN4CCC(Nc5ncnc6sc(CC(F)(F)F)cc56)CC4)ccc32)cc1S(N)(=O)=O. The molecule has 3 aromatic heterocycles. The molecule has 2 fully saturated rings. The molecule has 5 aromatic rings. The molecule has 52 heavy (non-hydrogen) atoms. The number of halogens is 3. The number of benzene rings is 2. The van der Waals surface area contributed by atoms with Crippen molar-refractivity contribution in [2.45, 2.75) is 68.2 Å². The first-order valence-electron chi connectivity index (χ1n) is 16.6. The molecule has 2 aliphatic rings. The molecule has 1 aliphatic carbocycles. The quantitative estimate of drug-likeness (QED) is 0.137. The van der Waals surface area contributed by atoms with Gasteiger partial charge in [-0.05, 0) is 79.3 Å². The molecule has 11 nitrogen and oxygen atoms in total. The van der Waals surface area contributed by atoms with Crippen LogP contribution < -0.4 is 15.8 Å². The number of nitrogens with one attached hydrogen (secondary N) is 2. The Labute approximate surface area is 302 Å². The Morgan fingerprint density at radius 3 is 2.62 bits per heavy atom. The van der Waals surface area contributed by atoms with Crippen molar-refractivity contribution in [1.29, 1.82) is 5.26 Å². The van der Waals surface area contributed by atoms with Gasteiger partial charge < -0.3 is 15.2 Å². The fourth-order valence-electron chi connectivity index (χ4n) is 7.19. The van der Waals surface area contributed by atoms with Crippen LogP contribution in [0.2, 0.25) is 0 Å². The Bertz CT molecular complexity index is 2370. The molecular formula is C36H35F3N8O3S2. The number of carbonyl (C=O) groups is 1. The maximum absolute atomic E-state index is 13.0. The van der Waals surface area contributed by atoms with Gasteiger partial charge in [-0.2, -0.15) is 18.4 Å². The number of aromatic nitrogens is 3. The van der Waals surface area contributed by atoms with E-state index in [9.17, 15) is 31.6 Å². The van der Waals surface area contributed by atoms with Crippen molar-refractivity contribution in [2.75, 3.05) is 23.7 Å². The first-order chi connectivity index (χ1) is 24.7. The lowest BCUT2D eigenvalue weighted by atomic mass is 10.0. The summed E-state index contributed by atoms with van der Waals surface area (Å²) in [7, 11) is -4.14. The van der Waals surface area contributed by atoms with Crippen molar-refractivity contribution in [2.24, 2.45) is 5.14 Å². The van der Waals surface area contributed by atoms with E-state index in [-0.39, 0.29) is 33.5 Å². The average molecular weight is 749 g/mol. The Kier molecular flexibility index (Phi) is 9.32. The average Bonchev–Trinajstić information content (AvgIpc) is 3.61. The van der Waals surface area contributed by atoms with Crippen LogP contribution in [0.1, 0.15) is 58.5 Å². The van der Waals surface area contributed by atoms with Crippen molar-refractivity contribution in [1.82, 2.24) is 19.4 Å². The topological polar surface area (TPSA) is 159 Å². The molecular weight excluding hydrogens is 714 g/mol. The molecule has 1 saturated heterocycles. The summed E-state index contributed by atoms with van der Waals surface area (Å²) in [4.78, 5) is 23.3. The Morgan fingerprint density at radius 2 is 1.92 bits per heavy atom. The number of carbonyl (C=O) groups excluding carboxylic acids is 1. The maximum Gasteiger partial charge on any atom is 0.393 e. The van der Waals surface area contributed by atoms with Crippen molar-refractivity contribution in [3.8, 4) is 6.07 Å². The molecule has 0 spiro atoms. The van der Waals surface area contributed by atoms with Crippen LogP contribution in [0.3, 0.4) is 0 Å². The summed E-state index contributed by atoms with van der Waals surface area (Å²) in [6.07, 6.45) is -0.478.